The number of hydrogen-bond donors (Lipinski definition) is 1. The number of benzene rings is 1. The highest BCUT2D eigenvalue weighted by atomic mass is 19.1. The molecule has 0 aliphatic heterocycles. The van der Waals surface area contributed by atoms with Gasteiger partial charge in [-0.15, -0.1) is 0 Å². The molecule has 0 radical (unpaired) electrons. The van der Waals surface area contributed by atoms with Crippen LogP contribution in [0.25, 0.3) is 0 Å². The van der Waals surface area contributed by atoms with Crippen molar-refractivity contribution in [1.29, 1.82) is 0 Å². The van der Waals surface area contributed by atoms with Crippen molar-refractivity contribution in [3.8, 4) is 0 Å². The summed E-state index contributed by atoms with van der Waals surface area (Å²) in [6.07, 6.45) is 2.24. The Labute approximate surface area is 113 Å². The second-order valence-corrected chi connectivity index (χ2v) is 4.82. The van der Waals surface area contributed by atoms with Crippen LogP contribution in [0.2, 0.25) is 0 Å². The molecule has 1 aromatic carbocycles. The van der Waals surface area contributed by atoms with E-state index in [9.17, 15) is 4.39 Å². The molecule has 3 heteroatoms. The average molecular weight is 258 g/mol. The number of nitrogens with zero attached hydrogens (tertiary/aromatic N) is 1. The lowest BCUT2D eigenvalue weighted by Crippen LogP contribution is -2.22. The maximum Gasteiger partial charge on any atom is 0.141 e. The monoisotopic (exact) mass is 258 g/mol. The fourth-order valence-corrected chi connectivity index (χ4v) is 2.05. The zero-order valence-electron chi connectivity index (χ0n) is 11.4. The van der Waals surface area contributed by atoms with E-state index < -0.39 is 0 Å². The highest BCUT2D eigenvalue weighted by Gasteiger charge is 2.05. The number of nitrogens with one attached hydrogen (secondary N) is 1. The van der Waals surface area contributed by atoms with Gasteiger partial charge < -0.3 is 5.32 Å². The Hall–Kier alpha value is -1.74. The lowest BCUT2D eigenvalue weighted by atomic mass is 10.1. The molecule has 1 N–H and O–H groups in total. The largest absolute Gasteiger partial charge is 0.309 e. The summed E-state index contributed by atoms with van der Waals surface area (Å²) in [4.78, 5) is 4.08. The van der Waals surface area contributed by atoms with Crippen molar-refractivity contribution >= 4 is 0 Å². The van der Waals surface area contributed by atoms with Gasteiger partial charge in [0.2, 0.25) is 0 Å². The van der Waals surface area contributed by atoms with E-state index in [2.05, 4.69) is 41.5 Å². The van der Waals surface area contributed by atoms with Crippen LogP contribution >= 0.6 is 0 Å². The smallest absolute Gasteiger partial charge is 0.141 e. The molecule has 0 bridgehead atoms. The third kappa shape index (κ3) is 4.14. The molecule has 1 heterocycles. The Kier molecular flexibility index (Phi) is 4.63. The summed E-state index contributed by atoms with van der Waals surface area (Å²) in [5, 5.41) is 3.40. The number of aromatic nitrogens is 1. The Balaban J connectivity index is 1.84. The molecule has 1 atom stereocenters. The summed E-state index contributed by atoms with van der Waals surface area (Å²) in [5.74, 6) is -0.296. The molecule has 0 spiro atoms. The van der Waals surface area contributed by atoms with Crippen LogP contribution in [0.1, 0.15) is 29.8 Å². The third-order valence-electron chi connectivity index (χ3n) is 3.14. The SMILES string of the molecule is Cc1cccc(CCNC(C)c2ccc(F)cn2)c1. The van der Waals surface area contributed by atoms with E-state index in [0.29, 0.717) is 0 Å². The van der Waals surface area contributed by atoms with Crippen molar-refractivity contribution in [2.45, 2.75) is 26.3 Å². The molecule has 1 aromatic heterocycles. The molecule has 2 aromatic rings. The topological polar surface area (TPSA) is 24.9 Å². The Morgan fingerprint density at radius 2 is 2.11 bits per heavy atom. The van der Waals surface area contributed by atoms with E-state index in [1.165, 1.54) is 23.4 Å². The minimum Gasteiger partial charge on any atom is -0.309 e. The highest BCUT2D eigenvalue weighted by molar-refractivity contribution is 5.22. The van der Waals surface area contributed by atoms with E-state index in [4.69, 9.17) is 0 Å². The molecule has 2 nitrogen and oxygen atoms in total. The number of pyridine rings is 1. The Morgan fingerprint density at radius 1 is 1.26 bits per heavy atom. The number of aryl methyl sites for hydroxylation is 1. The Morgan fingerprint density at radius 3 is 2.79 bits per heavy atom. The Bertz CT molecular complexity index is 523. The van der Waals surface area contributed by atoms with Gasteiger partial charge in [-0.25, -0.2) is 4.39 Å². The molecule has 2 rings (SSSR count). The minimum absolute atomic E-state index is 0.130. The number of rotatable bonds is 5. The van der Waals surface area contributed by atoms with Crippen molar-refractivity contribution in [1.82, 2.24) is 10.3 Å². The number of halogens is 1. The molecular formula is C16H19FN2. The van der Waals surface area contributed by atoms with Crippen LogP contribution in [0.4, 0.5) is 4.39 Å². The van der Waals surface area contributed by atoms with E-state index in [1.54, 1.807) is 6.07 Å². The lowest BCUT2D eigenvalue weighted by Gasteiger charge is -2.13. The molecule has 0 saturated heterocycles. The van der Waals surface area contributed by atoms with Crippen LogP contribution in [0.15, 0.2) is 42.6 Å². The normalized spacial score (nSPS) is 12.4. The first-order chi connectivity index (χ1) is 9.15. The van der Waals surface area contributed by atoms with Crippen molar-refractivity contribution in [2.75, 3.05) is 6.54 Å². The summed E-state index contributed by atoms with van der Waals surface area (Å²) >= 11 is 0. The van der Waals surface area contributed by atoms with Crippen molar-refractivity contribution in [3.63, 3.8) is 0 Å². The molecule has 0 saturated carbocycles. The van der Waals surface area contributed by atoms with Gasteiger partial charge in [-0.2, -0.15) is 0 Å². The lowest BCUT2D eigenvalue weighted by molar-refractivity contribution is 0.557. The van der Waals surface area contributed by atoms with Gasteiger partial charge in [-0.3, -0.25) is 4.98 Å². The van der Waals surface area contributed by atoms with Crippen LogP contribution in [-0.2, 0) is 6.42 Å². The van der Waals surface area contributed by atoms with E-state index in [-0.39, 0.29) is 11.9 Å². The van der Waals surface area contributed by atoms with Crippen LogP contribution in [0, 0.1) is 12.7 Å². The summed E-state index contributed by atoms with van der Waals surface area (Å²) in [5.41, 5.74) is 3.48. The standard InChI is InChI=1S/C16H19FN2/c1-12-4-3-5-14(10-12)8-9-18-13(2)16-7-6-15(17)11-19-16/h3-7,10-11,13,18H,8-9H2,1-2H3. The zero-order valence-corrected chi connectivity index (χ0v) is 11.4. The van der Waals surface area contributed by atoms with Crippen LogP contribution in [0.5, 0.6) is 0 Å². The molecular weight excluding hydrogens is 239 g/mol. The van der Waals surface area contributed by atoms with Gasteiger partial charge in [0.1, 0.15) is 5.82 Å². The van der Waals surface area contributed by atoms with E-state index in [0.717, 1.165) is 18.7 Å². The minimum atomic E-state index is -0.296. The van der Waals surface area contributed by atoms with Crippen LogP contribution < -0.4 is 5.32 Å². The summed E-state index contributed by atoms with van der Waals surface area (Å²) < 4.78 is 12.8. The van der Waals surface area contributed by atoms with Gasteiger partial charge in [0.15, 0.2) is 0 Å². The highest BCUT2D eigenvalue weighted by Crippen LogP contribution is 2.10. The molecule has 100 valence electrons. The van der Waals surface area contributed by atoms with Gasteiger partial charge in [0.05, 0.1) is 11.9 Å². The zero-order chi connectivity index (χ0) is 13.7. The fraction of sp³-hybridized carbons (Fsp3) is 0.312. The van der Waals surface area contributed by atoms with Gasteiger partial charge in [-0.1, -0.05) is 29.8 Å². The van der Waals surface area contributed by atoms with Gasteiger partial charge in [-0.05, 0) is 44.5 Å². The molecule has 19 heavy (non-hydrogen) atoms. The first-order valence-corrected chi connectivity index (χ1v) is 6.55. The molecule has 0 fully saturated rings. The fourth-order valence-electron chi connectivity index (χ4n) is 2.05. The second kappa shape index (κ2) is 6.43. The third-order valence-corrected chi connectivity index (χ3v) is 3.14. The predicted octanol–water partition coefficient (Wildman–Crippen LogP) is 3.42. The second-order valence-electron chi connectivity index (χ2n) is 4.82. The van der Waals surface area contributed by atoms with Crippen LogP contribution in [0.3, 0.4) is 0 Å². The van der Waals surface area contributed by atoms with Crippen molar-refractivity contribution in [2.24, 2.45) is 0 Å². The maximum atomic E-state index is 12.8. The molecule has 0 amide bonds. The van der Waals surface area contributed by atoms with Gasteiger partial charge >= 0.3 is 0 Å². The quantitative estimate of drug-likeness (QED) is 0.888. The van der Waals surface area contributed by atoms with Gasteiger partial charge in [0.25, 0.3) is 0 Å². The van der Waals surface area contributed by atoms with Crippen molar-refractivity contribution < 1.29 is 4.39 Å². The predicted molar refractivity (Wildman–Crippen MR) is 75.5 cm³/mol. The average Bonchev–Trinajstić information content (AvgIpc) is 2.39. The van der Waals surface area contributed by atoms with E-state index >= 15 is 0 Å². The summed E-state index contributed by atoms with van der Waals surface area (Å²) in [7, 11) is 0. The van der Waals surface area contributed by atoms with Gasteiger partial charge in [0, 0.05) is 6.04 Å². The molecule has 1 unspecified atom stereocenters. The molecule has 0 aliphatic rings. The first-order valence-electron chi connectivity index (χ1n) is 6.55. The summed E-state index contributed by atoms with van der Waals surface area (Å²) in [6, 6.07) is 11.8. The molecule has 0 aliphatic carbocycles. The number of hydrogen-bond acceptors (Lipinski definition) is 2. The summed E-state index contributed by atoms with van der Waals surface area (Å²) in [6.45, 7) is 5.02. The van der Waals surface area contributed by atoms with Crippen molar-refractivity contribution in [3.05, 3.63) is 65.2 Å². The van der Waals surface area contributed by atoms with Crippen LogP contribution in [-0.4, -0.2) is 11.5 Å². The maximum absolute atomic E-state index is 12.8. The van der Waals surface area contributed by atoms with E-state index in [1.807, 2.05) is 6.92 Å². The first kappa shape index (κ1) is 13.7.